The largest absolute Gasteiger partial charge is 0.325 e. The van der Waals surface area contributed by atoms with Gasteiger partial charge in [0.05, 0.1) is 15.8 Å². The van der Waals surface area contributed by atoms with E-state index < -0.39 is 0 Å². The third-order valence-corrected chi connectivity index (χ3v) is 4.32. The number of allylic oxidation sites excluding steroid dienone is 1. The van der Waals surface area contributed by atoms with Crippen molar-refractivity contribution in [2.45, 2.75) is 23.9 Å². The van der Waals surface area contributed by atoms with Crippen LogP contribution in [-0.4, -0.2) is 25.9 Å². The van der Waals surface area contributed by atoms with Crippen LogP contribution in [0.25, 0.3) is 0 Å². The average molecular weight is 348 g/mol. The molecule has 1 aromatic carbocycles. The molecule has 0 aliphatic rings. The van der Waals surface area contributed by atoms with Gasteiger partial charge in [0, 0.05) is 12.2 Å². The van der Waals surface area contributed by atoms with Gasteiger partial charge in [-0.3, -0.25) is 4.79 Å². The van der Waals surface area contributed by atoms with Crippen LogP contribution in [0.5, 0.6) is 0 Å². The summed E-state index contributed by atoms with van der Waals surface area (Å²) in [5.74, 6) is -0.191. The summed E-state index contributed by atoms with van der Waals surface area (Å²) in [5.41, 5.74) is 0.906. The summed E-state index contributed by atoms with van der Waals surface area (Å²) in [4.78, 5) is 12.3. The minimum atomic E-state index is -0.378. The van der Waals surface area contributed by atoms with E-state index in [1.807, 2.05) is 6.07 Å². The summed E-state index contributed by atoms with van der Waals surface area (Å²) in [5, 5.41) is 20.0. The molecule has 0 aliphatic heterocycles. The molecule has 1 atom stereocenters. The van der Waals surface area contributed by atoms with E-state index >= 15 is 0 Å². The minimum Gasteiger partial charge on any atom is -0.325 e. The van der Waals surface area contributed by atoms with Crippen LogP contribution in [0.1, 0.15) is 12.5 Å². The fourth-order valence-electron chi connectivity index (χ4n) is 1.74. The van der Waals surface area contributed by atoms with Gasteiger partial charge in [0.2, 0.25) is 5.91 Å². The lowest BCUT2D eigenvalue weighted by Crippen LogP contribution is -2.23. The van der Waals surface area contributed by atoms with Crippen LogP contribution in [0.4, 0.5) is 5.69 Å². The highest BCUT2D eigenvalue weighted by Crippen LogP contribution is 2.24. The predicted molar refractivity (Wildman–Crippen MR) is 90.3 cm³/mol. The van der Waals surface area contributed by atoms with E-state index in [1.54, 1.807) is 42.1 Å². The van der Waals surface area contributed by atoms with Crippen LogP contribution in [-0.2, 0) is 11.3 Å². The maximum absolute atomic E-state index is 12.3. The molecule has 8 heteroatoms. The summed E-state index contributed by atoms with van der Waals surface area (Å²) in [6.45, 7) is 6.02. The third-order valence-electron chi connectivity index (χ3n) is 2.91. The van der Waals surface area contributed by atoms with Crippen molar-refractivity contribution in [3.63, 3.8) is 0 Å². The van der Waals surface area contributed by atoms with Crippen LogP contribution < -0.4 is 5.32 Å². The maximum atomic E-state index is 12.3. The smallest absolute Gasteiger partial charge is 0.237 e. The molecule has 2 rings (SSSR count). The highest BCUT2D eigenvalue weighted by atomic mass is 35.5. The number of hydrogen-bond donors (Lipinski definition) is 1. The third kappa shape index (κ3) is 4.34. The number of nitrogens with one attached hydrogen (secondary N) is 1. The van der Waals surface area contributed by atoms with E-state index in [1.165, 1.54) is 11.8 Å². The molecule has 1 N–H and O–H groups in total. The summed E-state index contributed by atoms with van der Waals surface area (Å²) >= 11 is 7.25. The first-order chi connectivity index (χ1) is 11.0. The normalized spacial score (nSPS) is 11.5. The van der Waals surface area contributed by atoms with Gasteiger partial charge >= 0.3 is 0 Å². The first-order valence-electron chi connectivity index (χ1n) is 6.71. The zero-order valence-corrected chi connectivity index (χ0v) is 13.9. The van der Waals surface area contributed by atoms with Crippen LogP contribution in [0, 0.1) is 11.3 Å². The Hall–Kier alpha value is -2.30. The van der Waals surface area contributed by atoms with Crippen LogP contribution in [0.2, 0.25) is 5.02 Å². The molecule has 6 nitrogen and oxygen atoms in total. The number of halogens is 1. The maximum Gasteiger partial charge on any atom is 0.237 e. The van der Waals surface area contributed by atoms with Crippen molar-refractivity contribution < 1.29 is 4.79 Å². The van der Waals surface area contributed by atoms with Crippen molar-refractivity contribution in [1.82, 2.24) is 14.8 Å². The van der Waals surface area contributed by atoms with Crippen molar-refractivity contribution in [1.29, 1.82) is 5.26 Å². The fraction of sp³-hybridized carbons (Fsp3) is 0.200. The number of carbonyl (C=O) groups excluding carboxylic acids is 1. The molecule has 0 saturated carbocycles. The predicted octanol–water partition coefficient (Wildman–Crippen LogP) is 3.11. The van der Waals surface area contributed by atoms with Crippen molar-refractivity contribution in [2.75, 3.05) is 5.32 Å². The van der Waals surface area contributed by atoms with Crippen molar-refractivity contribution in [3.8, 4) is 6.07 Å². The van der Waals surface area contributed by atoms with Crippen molar-refractivity contribution >= 4 is 35.0 Å². The number of rotatable bonds is 6. The number of thioether (sulfide) groups is 1. The second kappa shape index (κ2) is 7.81. The lowest BCUT2D eigenvalue weighted by atomic mass is 10.2. The molecule has 1 aromatic heterocycles. The Bertz CT molecular complexity index is 767. The van der Waals surface area contributed by atoms with E-state index in [-0.39, 0.29) is 11.2 Å². The van der Waals surface area contributed by atoms with Crippen LogP contribution in [0.15, 0.2) is 42.3 Å². The number of anilines is 1. The summed E-state index contributed by atoms with van der Waals surface area (Å²) in [7, 11) is 0. The zero-order valence-electron chi connectivity index (χ0n) is 12.4. The van der Waals surface area contributed by atoms with Gasteiger partial charge in [-0.05, 0) is 25.1 Å². The van der Waals surface area contributed by atoms with Gasteiger partial charge in [0.15, 0.2) is 5.16 Å². The Morgan fingerprint density at radius 3 is 3.09 bits per heavy atom. The number of nitriles is 1. The molecule has 0 spiro atoms. The van der Waals surface area contributed by atoms with E-state index in [4.69, 9.17) is 16.9 Å². The van der Waals surface area contributed by atoms with Crippen LogP contribution >= 0.6 is 23.4 Å². The Morgan fingerprint density at radius 2 is 2.43 bits per heavy atom. The molecule has 0 aliphatic carbocycles. The van der Waals surface area contributed by atoms with Gasteiger partial charge in [-0.15, -0.1) is 16.8 Å². The molecule has 2 aromatic rings. The SMILES string of the molecule is C=CCn1cnnc1S[C@@H](C)C(=O)Nc1ccc(C#N)c(Cl)c1. The van der Waals surface area contributed by atoms with Gasteiger partial charge in [-0.25, -0.2) is 0 Å². The lowest BCUT2D eigenvalue weighted by Gasteiger charge is -2.12. The van der Waals surface area contributed by atoms with Crippen molar-refractivity contribution in [3.05, 3.63) is 47.8 Å². The Balaban J connectivity index is 2.02. The molecule has 118 valence electrons. The molecule has 1 heterocycles. The minimum absolute atomic E-state index is 0.191. The number of nitrogens with zero attached hydrogens (tertiary/aromatic N) is 4. The number of benzene rings is 1. The van der Waals surface area contributed by atoms with E-state index in [9.17, 15) is 4.79 Å². The number of aromatic nitrogens is 3. The molecule has 0 saturated heterocycles. The summed E-state index contributed by atoms with van der Waals surface area (Å²) in [6.07, 6.45) is 3.33. The molecule has 0 radical (unpaired) electrons. The quantitative estimate of drug-likeness (QED) is 0.641. The van der Waals surface area contributed by atoms with Gasteiger partial charge in [0.1, 0.15) is 12.4 Å². The Labute approximate surface area is 143 Å². The Morgan fingerprint density at radius 1 is 1.65 bits per heavy atom. The second-order valence-electron chi connectivity index (χ2n) is 4.61. The van der Waals surface area contributed by atoms with E-state index in [0.717, 1.165) is 0 Å². The molecule has 0 bridgehead atoms. The summed E-state index contributed by atoms with van der Waals surface area (Å²) in [6, 6.07) is 6.73. The highest BCUT2D eigenvalue weighted by molar-refractivity contribution is 8.00. The summed E-state index contributed by atoms with van der Waals surface area (Å²) < 4.78 is 1.81. The highest BCUT2D eigenvalue weighted by Gasteiger charge is 2.18. The topological polar surface area (TPSA) is 83.6 Å². The van der Waals surface area contributed by atoms with Gasteiger partial charge < -0.3 is 9.88 Å². The molecule has 0 unspecified atom stereocenters. The van der Waals surface area contributed by atoms with Gasteiger partial charge in [-0.2, -0.15) is 5.26 Å². The second-order valence-corrected chi connectivity index (χ2v) is 6.33. The molecule has 23 heavy (non-hydrogen) atoms. The monoisotopic (exact) mass is 347 g/mol. The number of hydrogen-bond acceptors (Lipinski definition) is 5. The Kier molecular flexibility index (Phi) is 5.79. The van der Waals surface area contributed by atoms with Gasteiger partial charge in [-0.1, -0.05) is 29.4 Å². The standard InChI is InChI=1S/C15H14ClN5OS/c1-3-6-21-9-18-20-15(21)23-10(2)14(22)19-12-5-4-11(8-17)13(16)7-12/h3-5,7,9-10H,1,6H2,2H3,(H,19,22)/t10-/m0/s1. The lowest BCUT2D eigenvalue weighted by molar-refractivity contribution is -0.115. The van der Waals surface area contributed by atoms with Crippen molar-refractivity contribution in [2.24, 2.45) is 0 Å². The van der Waals surface area contributed by atoms with Crippen LogP contribution in [0.3, 0.4) is 0 Å². The number of amides is 1. The van der Waals surface area contributed by atoms with E-state index in [2.05, 4.69) is 22.1 Å². The fourth-order valence-corrected chi connectivity index (χ4v) is 2.80. The van der Waals surface area contributed by atoms with Gasteiger partial charge in [0.25, 0.3) is 0 Å². The molecule has 0 fully saturated rings. The zero-order chi connectivity index (χ0) is 16.8. The molecule has 1 amide bonds. The molecular weight excluding hydrogens is 334 g/mol. The average Bonchev–Trinajstić information content (AvgIpc) is 2.95. The first-order valence-corrected chi connectivity index (χ1v) is 7.96. The number of carbonyl (C=O) groups is 1. The van der Waals surface area contributed by atoms with E-state index in [0.29, 0.717) is 28.0 Å². The first kappa shape index (κ1) is 17.1. The molecular formula is C15H14ClN5OS.